The fraction of sp³-hybridized carbons (Fsp3) is 0.400. The molecule has 1 aromatic carbocycles. The Morgan fingerprint density at radius 1 is 1.25 bits per heavy atom. The first-order valence-electron chi connectivity index (χ1n) is 7.47. The minimum absolute atomic E-state index is 0. The van der Waals surface area contributed by atoms with Crippen molar-refractivity contribution in [1.29, 1.82) is 0 Å². The van der Waals surface area contributed by atoms with Gasteiger partial charge in [-0.3, -0.25) is 4.99 Å². The zero-order valence-corrected chi connectivity index (χ0v) is 15.6. The van der Waals surface area contributed by atoms with E-state index in [1.165, 1.54) is 6.07 Å². The van der Waals surface area contributed by atoms with Crippen molar-refractivity contribution in [2.45, 2.75) is 32.5 Å². The highest BCUT2D eigenvalue weighted by Gasteiger charge is 2.17. The van der Waals surface area contributed by atoms with E-state index in [0.717, 1.165) is 43.2 Å². The number of rotatable bonds is 4. The van der Waals surface area contributed by atoms with Gasteiger partial charge in [-0.25, -0.2) is 8.78 Å². The van der Waals surface area contributed by atoms with Crippen molar-refractivity contribution in [3.8, 4) is 0 Å². The molecular formula is C15H19F2IN6. The van der Waals surface area contributed by atoms with Crippen molar-refractivity contribution in [3.63, 3.8) is 0 Å². The SMILES string of the molecule is CN=C(NCc1cc(F)ccc1F)NCc1nnc2n1CCC2.I. The van der Waals surface area contributed by atoms with Crippen LogP contribution in [0.4, 0.5) is 8.78 Å². The van der Waals surface area contributed by atoms with Crippen LogP contribution in [0.1, 0.15) is 23.6 Å². The van der Waals surface area contributed by atoms with Crippen molar-refractivity contribution >= 4 is 29.9 Å². The lowest BCUT2D eigenvalue weighted by Crippen LogP contribution is -2.37. The van der Waals surface area contributed by atoms with Crippen LogP contribution in [-0.2, 0) is 26.1 Å². The third-order valence-electron chi connectivity index (χ3n) is 3.78. The van der Waals surface area contributed by atoms with Crippen LogP contribution in [0.5, 0.6) is 0 Å². The monoisotopic (exact) mass is 448 g/mol. The molecule has 2 heterocycles. The first-order valence-corrected chi connectivity index (χ1v) is 7.47. The molecule has 9 heteroatoms. The van der Waals surface area contributed by atoms with Crippen molar-refractivity contribution in [1.82, 2.24) is 25.4 Å². The molecule has 0 saturated carbocycles. The first kappa shape index (κ1) is 18.6. The normalized spacial score (nSPS) is 13.4. The van der Waals surface area contributed by atoms with E-state index in [1.54, 1.807) is 7.05 Å². The molecule has 0 amide bonds. The Hall–Kier alpha value is -1.78. The van der Waals surface area contributed by atoms with Gasteiger partial charge >= 0.3 is 0 Å². The molecule has 0 unspecified atom stereocenters. The summed E-state index contributed by atoms with van der Waals surface area (Å²) in [7, 11) is 1.62. The Balaban J connectivity index is 0.00000208. The van der Waals surface area contributed by atoms with E-state index < -0.39 is 11.6 Å². The molecule has 0 fully saturated rings. The molecule has 0 spiro atoms. The van der Waals surface area contributed by atoms with Gasteiger partial charge in [0.15, 0.2) is 11.8 Å². The molecule has 24 heavy (non-hydrogen) atoms. The second-order valence-corrected chi connectivity index (χ2v) is 5.30. The summed E-state index contributed by atoms with van der Waals surface area (Å²) in [5, 5.41) is 14.3. The van der Waals surface area contributed by atoms with Crippen molar-refractivity contribution in [2.75, 3.05) is 7.05 Å². The summed E-state index contributed by atoms with van der Waals surface area (Å²) in [4.78, 5) is 4.07. The van der Waals surface area contributed by atoms with Gasteiger partial charge in [-0.05, 0) is 24.6 Å². The highest BCUT2D eigenvalue weighted by molar-refractivity contribution is 14.0. The van der Waals surface area contributed by atoms with E-state index in [9.17, 15) is 8.78 Å². The van der Waals surface area contributed by atoms with Gasteiger partial charge in [0.05, 0.1) is 6.54 Å². The van der Waals surface area contributed by atoms with Gasteiger partial charge in [-0.15, -0.1) is 34.2 Å². The quantitative estimate of drug-likeness (QED) is 0.427. The number of nitrogens with one attached hydrogen (secondary N) is 2. The zero-order chi connectivity index (χ0) is 16.2. The smallest absolute Gasteiger partial charge is 0.191 e. The van der Waals surface area contributed by atoms with Crippen LogP contribution in [0, 0.1) is 11.6 Å². The summed E-state index contributed by atoms with van der Waals surface area (Å²) in [5.74, 6) is 1.42. The number of hydrogen-bond donors (Lipinski definition) is 2. The van der Waals surface area contributed by atoms with Crippen LogP contribution in [0.2, 0.25) is 0 Å². The first-order chi connectivity index (χ1) is 11.2. The minimum atomic E-state index is -0.467. The number of aliphatic imine (C=N–C) groups is 1. The molecule has 2 N–H and O–H groups in total. The summed E-state index contributed by atoms with van der Waals surface area (Å²) in [6, 6.07) is 3.38. The molecule has 3 rings (SSSR count). The predicted molar refractivity (Wildman–Crippen MR) is 97.2 cm³/mol. The number of fused-ring (bicyclic) bond motifs is 1. The topological polar surface area (TPSA) is 67.1 Å². The predicted octanol–water partition coefficient (Wildman–Crippen LogP) is 1.99. The van der Waals surface area contributed by atoms with Gasteiger partial charge in [-0.2, -0.15) is 0 Å². The maximum atomic E-state index is 13.6. The molecule has 0 atom stereocenters. The fourth-order valence-electron chi connectivity index (χ4n) is 2.58. The Morgan fingerprint density at radius 3 is 2.83 bits per heavy atom. The number of aromatic nitrogens is 3. The summed E-state index contributed by atoms with van der Waals surface area (Å²) >= 11 is 0. The average molecular weight is 448 g/mol. The second-order valence-electron chi connectivity index (χ2n) is 5.30. The van der Waals surface area contributed by atoms with E-state index in [-0.39, 0.29) is 36.1 Å². The van der Waals surface area contributed by atoms with Gasteiger partial charge in [0, 0.05) is 32.1 Å². The van der Waals surface area contributed by atoms with Crippen molar-refractivity contribution < 1.29 is 8.78 Å². The van der Waals surface area contributed by atoms with Gasteiger partial charge in [0.1, 0.15) is 17.5 Å². The lowest BCUT2D eigenvalue weighted by Gasteiger charge is -2.12. The number of nitrogens with zero attached hydrogens (tertiary/aromatic N) is 4. The Kier molecular flexibility index (Phi) is 6.46. The lowest BCUT2D eigenvalue weighted by molar-refractivity contribution is 0.580. The summed E-state index contributed by atoms with van der Waals surface area (Å²) in [6.45, 7) is 1.54. The van der Waals surface area contributed by atoms with E-state index in [2.05, 4.69) is 30.4 Å². The third kappa shape index (κ3) is 4.19. The Labute approximate surface area is 155 Å². The fourth-order valence-corrected chi connectivity index (χ4v) is 2.58. The van der Waals surface area contributed by atoms with Gasteiger partial charge in [0.2, 0.25) is 0 Å². The summed E-state index contributed by atoms with van der Waals surface area (Å²) < 4.78 is 28.8. The highest BCUT2D eigenvalue weighted by atomic mass is 127. The maximum absolute atomic E-state index is 13.6. The maximum Gasteiger partial charge on any atom is 0.191 e. The van der Waals surface area contributed by atoms with Crippen molar-refractivity contribution in [3.05, 3.63) is 47.0 Å². The molecule has 0 aliphatic carbocycles. The zero-order valence-electron chi connectivity index (χ0n) is 13.2. The molecule has 0 bridgehead atoms. The standard InChI is InChI=1S/C15H18F2N6.HI/c1-18-15(19-8-10-7-11(16)4-5-12(10)17)20-9-14-22-21-13-3-2-6-23(13)14;/h4-5,7H,2-3,6,8-9H2,1H3,(H2,18,19,20);1H. The lowest BCUT2D eigenvalue weighted by atomic mass is 10.2. The Bertz CT molecular complexity index is 731. The minimum Gasteiger partial charge on any atom is -0.352 e. The molecule has 130 valence electrons. The van der Waals surface area contributed by atoms with E-state index >= 15 is 0 Å². The molecule has 1 aromatic heterocycles. The molecule has 1 aliphatic rings. The number of hydrogen-bond acceptors (Lipinski definition) is 3. The van der Waals surface area contributed by atoms with E-state index in [4.69, 9.17) is 0 Å². The van der Waals surface area contributed by atoms with E-state index in [1.807, 2.05) is 0 Å². The molecule has 6 nitrogen and oxygen atoms in total. The largest absolute Gasteiger partial charge is 0.352 e. The number of aryl methyl sites for hydroxylation is 1. The molecule has 0 saturated heterocycles. The third-order valence-corrected chi connectivity index (χ3v) is 3.78. The van der Waals surface area contributed by atoms with Gasteiger partial charge in [-0.1, -0.05) is 0 Å². The van der Waals surface area contributed by atoms with Crippen LogP contribution in [0.15, 0.2) is 23.2 Å². The number of halogens is 3. The van der Waals surface area contributed by atoms with Crippen LogP contribution < -0.4 is 10.6 Å². The molecule has 2 aromatic rings. The van der Waals surface area contributed by atoms with E-state index in [0.29, 0.717) is 12.5 Å². The van der Waals surface area contributed by atoms with Gasteiger partial charge in [0.25, 0.3) is 0 Å². The summed E-state index contributed by atoms with van der Waals surface area (Å²) in [6.07, 6.45) is 2.04. The van der Waals surface area contributed by atoms with Gasteiger partial charge < -0.3 is 15.2 Å². The van der Waals surface area contributed by atoms with Crippen LogP contribution in [-0.4, -0.2) is 27.8 Å². The van der Waals surface area contributed by atoms with Crippen LogP contribution in [0.3, 0.4) is 0 Å². The molecule has 1 aliphatic heterocycles. The number of benzene rings is 1. The summed E-state index contributed by atoms with van der Waals surface area (Å²) in [5.41, 5.74) is 0.247. The van der Waals surface area contributed by atoms with Crippen LogP contribution in [0.25, 0.3) is 0 Å². The Morgan fingerprint density at radius 2 is 2.04 bits per heavy atom. The molecule has 0 radical (unpaired) electrons. The molecular weight excluding hydrogens is 429 g/mol. The number of guanidine groups is 1. The van der Waals surface area contributed by atoms with Crippen LogP contribution >= 0.6 is 24.0 Å². The van der Waals surface area contributed by atoms with Crippen molar-refractivity contribution in [2.24, 2.45) is 4.99 Å². The highest BCUT2D eigenvalue weighted by Crippen LogP contribution is 2.13. The second kappa shape index (κ2) is 8.36. The average Bonchev–Trinajstić information content (AvgIpc) is 3.15.